The zero-order valence-corrected chi connectivity index (χ0v) is 33.8. The van der Waals surface area contributed by atoms with Gasteiger partial charge in [-0.2, -0.15) is 0 Å². The molecule has 3 atom stereocenters. The molecule has 6 saturated carbocycles. The molecule has 0 N–H and O–H groups in total. The van der Waals surface area contributed by atoms with Gasteiger partial charge >= 0.3 is 0 Å². The van der Waals surface area contributed by atoms with Gasteiger partial charge in [0.15, 0.2) is 0 Å². The number of hydrogen-bond acceptors (Lipinski definition) is 1. The van der Waals surface area contributed by atoms with Crippen LogP contribution in [0, 0.1) is 29.6 Å². The molecule has 0 aromatic heterocycles. The second kappa shape index (κ2) is 12.8. The van der Waals surface area contributed by atoms with Crippen LogP contribution in [0.5, 0.6) is 0 Å². The van der Waals surface area contributed by atoms with Crippen molar-refractivity contribution >= 4 is 17.1 Å². The van der Waals surface area contributed by atoms with Gasteiger partial charge in [-0.05, 0) is 191 Å². The number of benzene rings is 6. The normalized spacial score (nSPS) is 28.4. The maximum absolute atomic E-state index is 2.60. The Labute approximate surface area is 340 Å². The van der Waals surface area contributed by atoms with Crippen LogP contribution < -0.4 is 4.90 Å². The lowest BCUT2D eigenvalue weighted by Crippen LogP contribution is -2.48. The van der Waals surface area contributed by atoms with Crippen LogP contribution in [0.2, 0.25) is 0 Å². The lowest BCUT2D eigenvalue weighted by atomic mass is 9.48. The topological polar surface area (TPSA) is 3.24 Å². The number of fused-ring (bicyclic) bond motifs is 5. The largest absolute Gasteiger partial charge is 0.310 e. The van der Waals surface area contributed by atoms with Crippen LogP contribution in [0.25, 0.3) is 33.4 Å². The minimum absolute atomic E-state index is 0.154. The van der Waals surface area contributed by atoms with Crippen molar-refractivity contribution in [2.24, 2.45) is 29.6 Å². The average Bonchev–Trinajstić information content (AvgIpc) is 3.94. The molecule has 0 amide bonds. The molecule has 6 fully saturated rings. The summed E-state index contributed by atoms with van der Waals surface area (Å²) >= 11 is 0. The fraction of sp³-hybridized carbons (Fsp3) is 0.357. The SMILES string of the molecule is CC1(C)c2cc(-c3ccccc3)ccc2-c2cc(-c3ccccc3)c(N(c3ccc(C4CC5CCC4C5)cc3)c3ccc(C45CC6CC(CC(C6)C4)C5)cc3)cc21. The predicted molar refractivity (Wildman–Crippen MR) is 238 cm³/mol. The van der Waals surface area contributed by atoms with Gasteiger partial charge in [0.2, 0.25) is 0 Å². The third-order valence-corrected chi connectivity index (χ3v) is 16.3. The van der Waals surface area contributed by atoms with Crippen molar-refractivity contribution in [3.8, 4) is 33.4 Å². The van der Waals surface area contributed by atoms with Crippen LogP contribution >= 0.6 is 0 Å². The first-order valence-corrected chi connectivity index (χ1v) is 22.3. The molecular formula is C56H55N. The van der Waals surface area contributed by atoms with Crippen molar-refractivity contribution < 1.29 is 0 Å². The van der Waals surface area contributed by atoms with Gasteiger partial charge in [0, 0.05) is 22.4 Å². The summed E-state index contributed by atoms with van der Waals surface area (Å²) in [5.41, 5.74) is 17.8. The molecule has 0 aliphatic heterocycles. The molecule has 1 heteroatoms. The summed E-state index contributed by atoms with van der Waals surface area (Å²) in [6.45, 7) is 4.88. The van der Waals surface area contributed by atoms with E-state index in [1.54, 1.807) is 11.1 Å². The van der Waals surface area contributed by atoms with Crippen molar-refractivity contribution in [1.82, 2.24) is 0 Å². The molecule has 6 aromatic rings. The number of anilines is 3. The van der Waals surface area contributed by atoms with E-state index in [9.17, 15) is 0 Å². The monoisotopic (exact) mass is 741 g/mol. The molecule has 0 heterocycles. The first kappa shape index (κ1) is 34.2. The van der Waals surface area contributed by atoms with E-state index in [2.05, 4.69) is 158 Å². The summed E-state index contributed by atoms with van der Waals surface area (Å²) in [6.07, 6.45) is 14.3. The first-order chi connectivity index (χ1) is 27.9. The summed E-state index contributed by atoms with van der Waals surface area (Å²) in [4.78, 5) is 2.60. The van der Waals surface area contributed by atoms with Crippen LogP contribution in [0.4, 0.5) is 17.1 Å². The second-order valence-electron chi connectivity index (χ2n) is 20.0. The molecule has 6 aromatic carbocycles. The van der Waals surface area contributed by atoms with E-state index in [1.165, 1.54) is 126 Å². The van der Waals surface area contributed by atoms with Gasteiger partial charge in [0.05, 0.1) is 5.69 Å². The van der Waals surface area contributed by atoms with E-state index < -0.39 is 0 Å². The van der Waals surface area contributed by atoms with E-state index >= 15 is 0 Å². The van der Waals surface area contributed by atoms with Gasteiger partial charge < -0.3 is 4.90 Å². The van der Waals surface area contributed by atoms with E-state index in [0.717, 1.165) is 35.5 Å². The van der Waals surface area contributed by atoms with Gasteiger partial charge in [-0.25, -0.2) is 0 Å². The summed E-state index contributed by atoms with van der Waals surface area (Å²) in [5, 5.41) is 0. The standard InChI is InChI=1S/C56H55N/c1-55(2)52-30-43(40-9-5-3-6-10-40)17-24-48(52)51-31-50(41-11-7-4-8-12-41)54(32-53(51)55)57(46-20-15-42(16-21-46)49-29-36-13-14-44(49)28-36)47-22-18-45(19-23-47)56-33-37-25-38(34-56)27-39(26-37)35-56/h3-12,15-24,30-32,36-39,44,49H,13-14,25-29,33-35H2,1-2H3. The Morgan fingerprint density at radius 3 is 1.70 bits per heavy atom. The number of nitrogens with zero attached hydrogens (tertiary/aromatic N) is 1. The number of hydrogen-bond donors (Lipinski definition) is 0. The first-order valence-electron chi connectivity index (χ1n) is 22.3. The minimum Gasteiger partial charge on any atom is -0.310 e. The lowest BCUT2D eigenvalue weighted by Gasteiger charge is -2.57. The van der Waals surface area contributed by atoms with Crippen LogP contribution in [-0.4, -0.2) is 0 Å². The van der Waals surface area contributed by atoms with E-state index in [0.29, 0.717) is 5.41 Å². The Balaban J connectivity index is 1.01. The maximum atomic E-state index is 2.60. The summed E-state index contributed by atoms with van der Waals surface area (Å²) in [7, 11) is 0. The Bertz CT molecular complexity index is 2440. The molecule has 0 spiro atoms. The zero-order valence-electron chi connectivity index (χ0n) is 33.8. The van der Waals surface area contributed by atoms with Crippen molar-refractivity contribution in [2.45, 2.75) is 94.8 Å². The average molecular weight is 742 g/mol. The third-order valence-electron chi connectivity index (χ3n) is 16.3. The minimum atomic E-state index is -0.154. The van der Waals surface area contributed by atoms with E-state index in [1.807, 2.05) is 0 Å². The quantitative estimate of drug-likeness (QED) is 0.157. The van der Waals surface area contributed by atoms with Crippen molar-refractivity contribution in [1.29, 1.82) is 0 Å². The van der Waals surface area contributed by atoms with Gasteiger partial charge in [0.25, 0.3) is 0 Å². The predicted octanol–water partition coefficient (Wildman–Crippen LogP) is 15.2. The van der Waals surface area contributed by atoms with Crippen LogP contribution in [0.3, 0.4) is 0 Å². The van der Waals surface area contributed by atoms with Crippen LogP contribution in [-0.2, 0) is 10.8 Å². The Morgan fingerprint density at radius 1 is 0.474 bits per heavy atom. The van der Waals surface area contributed by atoms with Gasteiger partial charge in [-0.15, -0.1) is 0 Å². The molecule has 7 aliphatic rings. The van der Waals surface area contributed by atoms with Crippen LogP contribution in [0.15, 0.2) is 140 Å². The smallest absolute Gasteiger partial charge is 0.0543 e. The Morgan fingerprint density at radius 2 is 1.09 bits per heavy atom. The van der Waals surface area contributed by atoms with Gasteiger partial charge in [0.1, 0.15) is 0 Å². The molecule has 3 unspecified atom stereocenters. The van der Waals surface area contributed by atoms with Gasteiger partial charge in [-0.3, -0.25) is 0 Å². The molecule has 1 nitrogen and oxygen atoms in total. The van der Waals surface area contributed by atoms with E-state index in [4.69, 9.17) is 0 Å². The maximum Gasteiger partial charge on any atom is 0.0543 e. The van der Waals surface area contributed by atoms with E-state index in [-0.39, 0.29) is 5.41 Å². The van der Waals surface area contributed by atoms with Crippen molar-refractivity contribution in [2.75, 3.05) is 4.90 Å². The van der Waals surface area contributed by atoms with Crippen molar-refractivity contribution in [3.63, 3.8) is 0 Å². The molecular weight excluding hydrogens is 687 g/mol. The molecule has 0 saturated heterocycles. The number of rotatable bonds is 7. The molecule has 284 valence electrons. The molecule has 6 bridgehead atoms. The molecule has 0 radical (unpaired) electrons. The Hall–Kier alpha value is -4.88. The highest BCUT2D eigenvalue weighted by Gasteiger charge is 2.51. The highest BCUT2D eigenvalue weighted by Crippen LogP contribution is 2.61. The molecule has 57 heavy (non-hydrogen) atoms. The highest BCUT2D eigenvalue weighted by atomic mass is 15.1. The zero-order chi connectivity index (χ0) is 37.9. The summed E-state index contributed by atoms with van der Waals surface area (Å²) in [5.74, 6) is 5.37. The summed E-state index contributed by atoms with van der Waals surface area (Å²) in [6, 6.07) is 54.2. The molecule has 7 aliphatic carbocycles. The van der Waals surface area contributed by atoms with Crippen LogP contribution in [0.1, 0.15) is 106 Å². The molecule has 13 rings (SSSR count). The highest BCUT2D eigenvalue weighted by molar-refractivity contribution is 5.95. The van der Waals surface area contributed by atoms with Crippen molar-refractivity contribution in [3.05, 3.63) is 162 Å². The fourth-order valence-electron chi connectivity index (χ4n) is 14.0. The van der Waals surface area contributed by atoms with Gasteiger partial charge in [-0.1, -0.05) is 117 Å². The summed E-state index contributed by atoms with van der Waals surface area (Å²) < 4.78 is 0. The third kappa shape index (κ3) is 5.47. The Kier molecular flexibility index (Phi) is 7.68. The lowest BCUT2D eigenvalue weighted by molar-refractivity contribution is -0.00518. The fourth-order valence-corrected chi connectivity index (χ4v) is 14.0. The second-order valence-corrected chi connectivity index (χ2v) is 20.0.